The molecule has 3 nitrogen and oxygen atoms in total. The van der Waals surface area contributed by atoms with Gasteiger partial charge in [0, 0.05) is 6.54 Å². The van der Waals surface area contributed by atoms with E-state index in [1.807, 2.05) is 13.0 Å². The van der Waals surface area contributed by atoms with Crippen molar-refractivity contribution >= 4 is 11.8 Å². The fraction of sp³-hybridized carbons (Fsp3) is 0.333. The molecule has 0 aromatic heterocycles. The molecule has 2 rings (SSSR count). The van der Waals surface area contributed by atoms with Crippen LogP contribution in [0, 0.1) is 0 Å². The standard InChI is InChI=1S/C15H17NO2/c1-2-3-4-5-8-11-16-14(17)12-9-6-7-10-13(12)15(16)18/h2-3,6-7,9-10H,4-5,8,11H2,1H3/b3-2+. The van der Waals surface area contributed by atoms with Gasteiger partial charge >= 0.3 is 0 Å². The Morgan fingerprint density at radius 2 is 1.67 bits per heavy atom. The summed E-state index contributed by atoms with van der Waals surface area (Å²) in [6.07, 6.45) is 6.97. The number of carbonyl (C=O) groups is 2. The number of fused-ring (bicyclic) bond motifs is 1. The Kier molecular flexibility index (Phi) is 3.92. The second-order valence-corrected chi connectivity index (χ2v) is 4.37. The SMILES string of the molecule is C/C=C/CCCCN1C(=O)c2ccccc2C1=O. The number of allylic oxidation sites excluding steroid dienone is 2. The zero-order valence-electron chi connectivity index (χ0n) is 10.6. The minimum Gasteiger partial charge on any atom is -0.274 e. The summed E-state index contributed by atoms with van der Waals surface area (Å²) in [5, 5.41) is 0. The number of unbranched alkanes of at least 4 members (excludes halogenated alkanes) is 2. The van der Waals surface area contributed by atoms with Crippen molar-refractivity contribution in [2.75, 3.05) is 6.54 Å². The number of nitrogens with zero attached hydrogens (tertiary/aromatic N) is 1. The van der Waals surface area contributed by atoms with Gasteiger partial charge in [-0.3, -0.25) is 14.5 Å². The molecule has 1 aliphatic rings. The highest BCUT2D eigenvalue weighted by Gasteiger charge is 2.34. The molecule has 0 radical (unpaired) electrons. The van der Waals surface area contributed by atoms with Crippen LogP contribution < -0.4 is 0 Å². The molecule has 1 aromatic carbocycles. The van der Waals surface area contributed by atoms with Gasteiger partial charge in [-0.2, -0.15) is 0 Å². The van der Waals surface area contributed by atoms with Gasteiger partial charge in [-0.1, -0.05) is 24.3 Å². The van der Waals surface area contributed by atoms with Crippen LogP contribution in [0.4, 0.5) is 0 Å². The van der Waals surface area contributed by atoms with Gasteiger partial charge in [0.1, 0.15) is 0 Å². The highest BCUT2D eigenvalue weighted by atomic mass is 16.2. The first-order chi connectivity index (χ1) is 8.75. The average molecular weight is 243 g/mol. The Morgan fingerprint density at radius 3 is 2.22 bits per heavy atom. The molecule has 0 N–H and O–H groups in total. The minimum atomic E-state index is -0.151. The topological polar surface area (TPSA) is 37.4 Å². The van der Waals surface area contributed by atoms with Crippen LogP contribution in [0.15, 0.2) is 36.4 Å². The van der Waals surface area contributed by atoms with Crippen LogP contribution in [0.5, 0.6) is 0 Å². The predicted molar refractivity (Wildman–Crippen MR) is 70.5 cm³/mol. The Balaban J connectivity index is 1.96. The molecule has 0 saturated heterocycles. The van der Waals surface area contributed by atoms with E-state index >= 15 is 0 Å². The maximum atomic E-state index is 12.0. The molecule has 0 saturated carbocycles. The molecular formula is C15H17NO2. The summed E-state index contributed by atoms with van der Waals surface area (Å²) in [4.78, 5) is 25.4. The van der Waals surface area contributed by atoms with Gasteiger partial charge < -0.3 is 0 Å². The summed E-state index contributed by atoms with van der Waals surface area (Å²) >= 11 is 0. The Bertz CT molecular complexity index is 456. The van der Waals surface area contributed by atoms with E-state index in [0.717, 1.165) is 19.3 Å². The van der Waals surface area contributed by atoms with Gasteiger partial charge in [-0.15, -0.1) is 0 Å². The van der Waals surface area contributed by atoms with Gasteiger partial charge in [0.05, 0.1) is 11.1 Å². The summed E-state index contributed by atoms with van der Waals surface area (Å²) in [5.74, 6) is -0.303. The van der Waals surface area contributed by atoms with Crippen molar-refractivity contribution in [3.8, 4) is 0 Å². The third-order valence-corrected chi connectivity index (χ3v) is 3.12. The van der Waals surface area contributed by atoms with Crippen LogP contribution in [-0.4, -0.2) is 23.3 Å². The van der Waals surface area contributed by atoms with Crippen LogP contribution in [0.2, 0.25) is 0 Å². The summed E-state index contributed by atoms with van der Waals surface area (Å²) in [6, 6.07) is 7.02. The fourth-order valence-electron chi connectivity index (χ4n) is 2.14. The molecule has 0 unspecified atom stereocenters. The quantitative estimate of drug-likeness (QED) is 0.453. The lowest BCUT2D eigenvalue weighted by atomic mass is 10.1. The summed E-state index contributed by atoms with van der Waals surface area (Å²) < 4.78 is 0. The second-order valence-electron chi connectivity index (χ2n) is 4.37. The van der Waals surface area contributed by atoms with E-state index in [1.54, 1.807) is 24.3 Å². The normalized spacial score (nSPS) is 14.6. The van der Waals surface area contributed by atoms with Crippen molar-refractivity contribution in [1.82, 2.24) is 4.90 Å². The molecule has 18 heavy (non-hydrogen) atoms. The van der Waals surface area contributed by atoms with E-state index in [2.05, 4.69) is 6.08 Å². The number of carbonyl (C=O) groups excluding carboxylic acids is 2. The van der Waals surface area contributed by atoms with E-state index in [-0.39, 0.29) is 11.8 Å². The van der Waals surface area contributed by atoms with Gasteiger partial charge in [-0.25, -0.2) is 0 Å². The molecule has 0 spiro atoms. The highest BCUT2D eigenvalue weighted by Crippen LogP contribution is 2.22. The first kappa shape index (κ1) is 12.6. The lowest BCUT2D eigenvalue weighted by Gasteiger charge is -2.12. The minimum absolute atomic E-state index is 0.151. The average Bonchev–Trinajstić information content (AvgIpc) is 2.64. The van der Waals surface area contributed by atoms with E-state index in [0.29, 0.717) is 17.7 Å². The lowest BCUT2D eigenvalue weighted by molar-refractivity contribution is 0.0652. The van der Waals surface area contributed by atoms with E-state index in [9.17, 15) is 9.59 Å². The third-order valence-electron chi connectivity index (χ3n) is 3.12. The van der Waals surface area contributed by atoms with Gasteiger partial charge in [-0.05, 0) is 38.3 Å². The highest BCUT2D eigenvalue weighted by molar-refractivity contribution is 6.21. The first-order valence-corrected chi connectivity index (χ1v) is 6.32. The molecule has 0 bridgehead atoms. The molecule has 3 heteroatoms. The Hall–Kier alpha value is -1.90. The molecular weight excluding hydrogens is 226 g/mol. The van der Waals surface area contributed by atoms with Crippen molar-refractivity contribution < 1.29 is 9.59 Å². The number of amides is 2. The number of imide groups is 1. The van der Waals surface area contributed by atoms with Gasteiger partial charge in [0.2, 0.25) is 0 Å². The van der Waals surface area contributed by atoms with Crippen LogP contribution in [0.3, 0.4) is 0 Å². The van der Waals surface area contributed by atoms with Gasteiger partial charge in [0.25, 0.3) is 11.8 Å². The Labute approximate surface area is 107 Å². The summed E-state index contributed by atoms with van der Waals surface area (Å²) in [5.41, 5.74) is 1.08. The molecule has 0 fully saturated rings. The predicted octanol–water partition coefficient (Wildman–Crippen LogP) is 3.03. The number of benzene rings is 1. The molecule has 1 heterocycles. The maximum Gasteiger partial charge on any atom is 0.261 e. The van der Waals surface area contributed by atoms with Crippen LogP contribution in [-0.2, 0) is 0 Å². The second kappa shape index (κ2) is 5.63. The smallest absolute Gasteiger partial charge is 0.261 e. The molecule has 1 aliphatic heterocycles. The van der Waals surface area contributed by atoms with Crippen LogP contribution >= 0.6 is 0 Å². The van der Waals surface area contributed by atoms with Crippen LogP contribution in [0.1, 0.15) is 46.9 Å². The van der Waals surface area contributed by atoms with Crippen molar-refractivity contribution in [2.24, 2.45) is 0 Å². The first-order valence-electron chi connectivity index (χ1n) is 6.32. The van der Waals surface area contributed by atoms with Crippen molar-refractivity contribution in [3.63, 3.8) is 0 Å². The fourth-order valence-corrected chi connectivity index (χ4v) is 2.14. The van der Waals surface area contributed by atoms with Gasteiger partial charge in [0.15, 0.2) is 0 Å². The molecule has 0 aliphatic carbocycles. The summed E-state index contributed by atoms with van der Waals surface area (Å²) in [6.45, 7) is 2.51. The zero-order valence-corrected chi connectivity index (χ0v) is 10.6. The number of hydrogen-bond donors (Lipinski definition) is 0. The van der Waals surface area contributed by atoms with Crippen LogP contribution in [0.25, 0.3) is 0 Å². The maximum absolute atomic E-state index is 12.0. The Morgan fingerprint density at radius 1 is 1.06 bits per heavy atom. The monoisotopic (exact) mass is 243 g/mol. The lowest BCUT2D eigenvalue weighted by Crippen LogP contribution is -2.30. The van der Waals surface area contributed by atoms with Crippen molar-refractivity contribution in [1.29, 1.82) is 0 Å². The molecule has 1 aromatic rings. The summed E-state index contributed by atoms with van der Waals surface area (Å²) in [7, 11) is 0. The molecule has 94 valence electrons. The van der Waals surface area contributed by atoms with Crippen molar-refractivity contribution in [3.05, 3.63) is 47.5 Å². The number of rotatable bonds is 5. The molecule has 0 atom stereocenters. The zero-order chi connectivity index (χ0) is 13.0. The molecule has 2 amide bonds. The third kappa shape index (κ3) is 2.35. The number of hydrogen-bond acceptors (Lipinski definition) is 2. The van der Waals surface area contributed by atoms with E-state index in [1.165, 1.54) is 4.90 Å². The van der Waals surface area contributed by atoms with E-state index < -0.39 is 0 Å². The largest absolute Gasteiger partial charge is 0.274 e. The van der Waals surface area contributed by atoms with E-state index in [4.69, 9.17) is 0 Å². The van der Waals surface area contributed by atoms with Crippen molar-refractivity contribution in [2.45, 2.75) is 26.2 Å².